The first-order valence-electron chi connectivity index (χ1n) is 7.27. The summed E-state index contributed by atoms with van der Waals surface area (Å²) in [5.74, 6) is 0.826. The van der Waals surface area contributed by atoms with Gasteiger partial charge in [-0.2, -0.15) is 15.0 Å². The third kappa shape index (κ3) is 3.47. The minimum atomic E-state index is 0.211. The van der Waals surface area contributed by atoms with Gasteiger partial charge in [-0.05, 0) is 20.3 Å². The van der Waals surface area contributed by atoms with Crippen LogP contribution in [-0.4, -0.2) is 58.7 Å². The summed E-state index contributed by atoms with van der Waals surface area (Å²) in [6, 6.07) is 0.930. The van der Waals surface area contributed by atoms with Crippen molar-refractivity contribution in [2.24, 2.45) is 0 Å². The van der Waals surface area contributed by atoms with Crippen LogP contribution in [0.2, 0.25) is 0 Å². The standard InChI is InChI=1S/C13H24N6O/c1-4-10(3)18-6-8-19(9-7-18)12-15-11(14)16-13(17-12)20-5-2/h10H,4-9H2,1-3H3,(H2,14,15,16,17). The Morgan fingerprint density at radius 2 is 1.85 bits per heavy atom. The van der Waals surface area contributed by atoms with Crippen molar-refractivity contribution < 1.29 is 4.74 Å². The Kier molecular flexibility index (Phi) is 4.94. The topological polar surface area (TPSA) is 80.4 Å². The number of hydrogen-bond donors (Lipinski definition) is 1. The zero-order valence-corrected chi connectivity index (χ0v) is 12.5. The molecule has 0 bridgehead atoms. The van der Waals surface area contributed by atoms with Gasteiger partial charge in [0.25, 0.3) is 0 Å². The lowest BCUT2D eigenvalue weighted by Crippen LogP contribution is -2.50. The van der Waals surface area contributed by atoms with Gasteiger partial charge in [-0.15, -0.1) is 0 Å². The van der Waals surface area contributed by atoms with Crippen LogP contribution in [0.25, 0.3) is 0 Å². The van der Waals surface area contributed by atoms with E-state index in [1.807, 2.05) is 6.92 Å². The van der Waals surface area contributed by atoms with Crippen molar-refractivity contribution in [2.75, 3.05) is 43.4 Å². The van der Waals surface area contributed by atoms with Crippen LogP contribution in [-0.2, 0) is 0 Å². The summed E-state index contributed by atoms with van der Waals surface area (Å²) in [7, 11) is 0. The van der Waals surface area contributed by atoms with Crippen LogP contribution in [0, 0.1) is 0 Å². The second kappa shape index (κ2) is 6.69. The van der Waals surface area contributed by atoms with Gasteiger partial charge in [0, 0.05) is 32.2 Å². The van der Waals surface area contributed by atoms with Crippen LogP contribution in [0.4, 0.5) is 11.9 Å². The van der Waals surface area contributed by atoms with E-state index in [9.17, 15) is 0 Å². The maximum Gasteiger partial charge on any atom is 0.323 e. The number of nitrogens with zero attached hydrogens (tertiary/aromatic N) is 5. The van der Waals surface area contributed by atoms with Gasteiger partial charge in [-0.3, -0.25) is 4.90 Å². The third-order valence-corrected chi connectivity index (χ3v) is 3.71. The van der Waals surface area contributed by atoms with Gasteiger partial charge in [0.15, 0.2) is 0 Å². The van der Waals surface area contributed by atoms with Gasteiger partial charge in [0.05, 0.1) is 6.61 Å². The fourth-order valence-corrected chi connectivity index (χ4v) is 2.32. The molecule has 7 heteroatoms. The predicted molar refractivity (Wildman–Crippen MR) is 78.9 cm³/mol. The molecule has 7 nitrogen and oxygen atoms in total. The number of ether oxygens (including phenoxy) is 1. The van der Waals surface area contributed by atoms with E-state index in [-0.39, 0.29) is 5.95 Å². The molecule has 1 fully saturated rings. The van der Waals surface area contributed by atoms with E-state index in [4.69, 9.17) is 10.5 Å². The van der Waals surface area contributed by atoms with Gasteiger partial charge in [0.2, 0.25) is 11.9 Å². The molecule has 1 unspecified atom stereocenters. The van der Waals surface area contributed by atoms with Crippen molar-refractivity contribution in [1.82, 2.24) is 19.9 Å². The molecule has 20 heavy (non-hydrogen) atoms. The quantitative estimate of drug-likeness (QED) is 0.853. The van der Waals surface area contributed by atoms with E-state index < -0.39 is 0 Å². The van der Waals surface area contributed by atoms with Gasteiger partial charge in [0.1, 0.15) is 0 Å². The largest absolute Gasteiger partial charge is 0.464 e. The predicted octanol–water partition coefficient (Wildman–Crippen LogP) is 0.773. The normalized spacial score (nSPS) is 18.1. The lowest BCUT2D eigenvalue weighted by molar-refractivity contribution is 0.192. The summed E-state index contributed by atoms with van der Waals surface area (Å²) >= 11 is 0. The minimum absolute atomic E-state index is 0.211. The smallest absolute Gasteiger partial charge is 0.323 e. The molecule has 2 heterocycles. The van der Waals surface area contributed by atoms with Crippen molar-refractivity contribution in [3.05, 3.63) is 0 Å². The monoisotopic (exact) mass is 280 g/mol. The Balaban J connectivity index is 2.03. The fraction of sp³-hybridized carbons (Fsp3) is 0.769. The van der Waals surface area contributed by atoms with E-state index >= 15 is 0 Å². The Hall–Kier alpha value is -1.63. The van der Waals surface area contributed by atoms with Crippen molar-refractivity contribution in [1.29, 1.82) is 0 Å². The molecular weight excluding hydrogens is 256 g/mol. The van der Waals surface area contributed by atoms with Gasteiger partial charge >= 0.3 is 6.01 Å². The molecule has 0 radical (unpaired) electrons. The third-order valence-electron chi connectivity index (χ3n) is 3.71. The molecule has 2 N–H and O–H groups in total. The lowest BCUT2D eigenvalue weighted by Gasteiger charge is -2.37. The second-order valence-corrected chi connectivity index (χ2v) is 4.99. The summed E-state index contributed by atoms with van der Waals surface area (Å²) in [4.78, 5) is 17.1. The van der Waals surface area contributed by atoms with Crippen molar-refractivity contribution in [3.8, 4) is 6.01 Å². The highest BCUT2D eigenvalue weighted by Gasteiger charge is 2.22. The Morgan fingerprint density at radius 1 is 1.15 bits per heavy atom. The number of nitrogens with two attached hydrogens (primary N) is 1. The molecule has 0 aliphatic carbocycles. The van der Waals surface area contributed by atoms with Crippen LogP contribution >= 0.6 is 0 Å². The average Bonchev–Trinajstić information content (AvgIpc) is 2.46. The maximum atomic E-state index is 5.71. The number of anilines is 2. The Labute approximate surface area is 120 Å². The van der Waals surface area contributed by atoms with Crippen LogP contribution in [0.1, 0.15) is 27.2 Å². The van der Waals surface area contributed by atoms with Crippen LogP contribution in [0.15, 0.2) is 0 Å². The van der Waals surface area contributed by atoms with E-state index in [0.29, 0.717) is 24.6 Å². The first-order chi connectivity index (χ1) is 9.63. The molecule has 0 spiro atoms. The molecule has 0 saturated carbocycles. The van der Waals surface area contributed by atoms with Crippen LogP contribution in [0.5, 0.6) is 6.01 Å². The Bertz CT molecular complexity index is 433. The van der Waals surface area contributed by atoms with Gasteiger partial charge < -0.3 is 15.4 Å². The molecule has 112 valence electrons. The highest BCUT2D eigenvalue weighted by Crippen LogP contribution is 2.16. The molecule has 0 amide bonds. The van der Waals surface area contributed by atoms with Gasteiger partial charge in [-0.1, -0.05) is 6.92 Å². The molecule has 1 aliphatic heterocycles. The summed E-state index contributed by atoms with van der Waals surface area (Å²) in [5.41, 5.74) is 5.71. The average molecular weight is 280 g/mol. The molecule has 1 aromatic rings. The number of aromatic nitrogens is 3. The number of piperazine rings is 1. The number of hydrogen-bond acceptors (Lipinski definition) is 7. The van der Waals surface area contributed by atoms with E-state index in [1.165, 1.54) is 6.42 Å². The van der Waals surface area contributed by atoms with Crippen molar-refractivity contribution in [2.45, 2.75) is 33.2 Å². The second-order valence-electron chi connectivity index (χ2n) is 4.99. The summed E-state index contributed by atoms with van der Waals surface area (Å²) in [6.45, 7) is 10.7. The number of rotatable bonds is 5. The summed E-state index contributed by atoms with van der Waals surface area (Å²) in [6.07, 6.45) is 1.17. The minimum Gasteiger partial charge on any atom is -0.464 e. The summed E-state index contributed by atoms with van der Waals surface area (Å²) < 4.78 is 5.32. The Morgan fingerprint density at radius 3 is 2.45 bits per heavy atom. The molecule has 1 saturated heterocycles. The van der Waals surface area contributed by atoms with Crippen LogP contribution < -0.4 is 15.4 Å². The number of nitrogen functional groups attached to an aromatic ring is 1. The molecule has 0 aromatic carbocycles. The highest BCUT2D eigenvalue weighted by molar-refractivity contribution is 5.36. The first kappa shape index (κ1) is 14.8. The van der Waals surface area contributed by atoms with Gasteiger partial charge in [-0.25, -0.2) is 0 Å². The lowest BCUT2D eigenvalue weighted by atomic mass is 10.2. The molecular formula is C13H24N6O. The molecule has 1 aliphatic rings. The molecule has 1 atom stereocenters. The van der Waals surface area contributed by atoms with E-state index in [1.54, 1.807) is 0 Å². The highest BCUT2D eigenvalue weighted by atomic mass is 16.5. The van der Waals surface area contributed by atoms with E-state index in [0.717, 1.165) is 26.2 Å². The van der Waals surface area contributed by atoms with Crippen molar-refractivity contribution >= 4 is 11.9 Å². The molecule has 1 aromatic heterocycles. The maximum absolute atomic E-state index is 5.71. The fourth-order valence-electron chi connectivity index (χ4n) is 2.32. The zero-order chi connectivity index (χ0) is 14.5. The summed E-state index contributed by atoms with van der Waals surface area (Å²) in [5, 5.41) is 0. The SMILES string of the molecule is CCOc1nc(N)nc(N2CCN(C(C)CC)CC2)n1. The van der Waals surface area contributed by atoms with Crippen molar-refractivity contribution in [3.63, 3.8) is 0 Å². The zero-order valence-electron chi connectivity index (χ0n) is 12.5. The molecule has 2 rings (SSSR count). The van der Waals surface area contributed by atoms with E-state index in [2.05, 4.69) is 38.6 Å². The van der Waals surface area contributed by atoms with Crippen LogP contribution in [0.3, 0.4) is 0 Å². The first-order valence-corrected chi connectivity index (χ1v) is 7.27.